The lowest BCUT2D eigenvalue weighted by Crippen LogP contribution is -2.67. The predicted molar refractivity (Wildman–Crippen MR) is 111 cm³/mol. The molecule has 4 rings (SSSR count). The summed E-state index contributed by atoms with van der Waals surface area (Å²) in [5, 5.41) is 9.28. The van der Waals surface area contributed by atoms with E-state index in [0.29, 0.717) is 25.8 Å². The van der Waals surface area contributed by atoms with E-state index in [4.69, 9.17) is 4.74 Å². The zero-order chi connectivity index (χ0) is 21.1. The van der Waals surface area contributed by atoms with Crippen LogP contribution in [0.2, 0.25) is 0 Å². The lowest BCUT2D eigenvalue weighted by Gasteiger charge is -2.44. The van der Waals surface area contributed by atoms with Gasteiger partial charge in [-0.05, 0) is 56.5 Å². The highest BCUT2D eigenvalue weighted by Crippen LogP contribution is 2.24. The van der Waals surface area contributed by atoms with Crippen LogP contribution >= 0.6 is 0 Å². The lowest BCUT2D eigenvalue weighted by molar-refractivity contribution is -0.152. The van der Waals surface area contributed by atoms with Crippen molar-refractivity contribution in [3.8, 4) is 5.75 Å². The van der Waals surface area contributed by atoms with Gasteiger partial charge in [0.2, 0.25) is 17.7 Å². The number of nitrogens with one attached hydrogen (secondary N) is 3. The maximum absolute atomic E-state index is 13.0. The van der Waals surface area contributed by atoms with E-state index in [9.17, 15) is 14.4 Å². The average molecular weight is 415 g/mol. The summed E-state index contributed by atoms with van der Waals surface area (Å²) in [6.07, 6.45) is 3.30. The molecular formula is C22H30N4O4. The van der Waals surface area contributed by atoms with Gasteiger partial charge in [0, 0.05) is 24.9 Å². The van der Waals surface area contributed by atoms with Gasteiger partial charge >= 0.3 is 0 Å². The number of fused-ring (bicyclic) bond motifs is 1. The topological polar surface area (TPSA) is 99.8 Å². The van der Waals surface area contributed by atoms with Gasteiger partial charge < -0.3 is 25.6 Å². The molecule has 3 saturated heterocycles. The molecule has 162 valence electrons. The second-order valence-corrected chi connectivity index (χ2v) is 8.41. The summed E-state index contributed by atoms with van der Waals surface area (Å²) in [7, 11) is 1.61. The van der Waals surface area contributed by atoms with E-state index in [1.807, 2.05) is 24.3 Å². The second-order valence-electron chi connectivity index (χ2n) is 8.41. The maximum atomic E-state index is 13.0. The fourth-order valence-electron chi connectivity index (χ4n) is 4.68. The number of amides is 3. The van der Waals surface area contributed by atoms with Gasteiger partial charge in [0.1, 0.15) is 17.8 Å². The zero-order valence-electron chi connectivity index (χ0n) is 17.4. The Kier molecular flexibility index (Phi) is 6.22. The van der Waals surface area contributed by atoms with E-state index in [1.54, 1.807) is 12.0 Å². The van der Waals surface area contributed by atoms with Gasteiger partial charge in [0.15, 0.2) is 0 Å². The van der Waals surface area contributed by atoms with Crippen LogP contribution in [-0.2, 0) is 20.8 Å². The van der Waals surface area contributed by atoms with Crippen molar-refractivity contribution in [3.05, 3.63) is 29.8 Å². The largest absolute Gasteiger partial charge is 0.497 e. The zero-order valence-corrected chi connectivity index (χ0v) is 17.4. The van der Waals surface area contributed by atoms with Crippen LogP contribution < -0.4 is 20.7 Å². The molecule has 3 fully saturated rings. The fraction of sp³-hybridized carbons (Fsp3) is 0.591. The molecule has 30 heavy (non-hydrogen) atoms. The highest BCUT2D eigenvalue weighted by Gasteiger charge is 2.44. The first kappa shape index (κ1) is 20.7. The molecular weight excluding hydrogens is 384 g/mol. The molecule has 0 spiro atoms. The SMILES string of the molecule is COc1ccc(CC2NC(=O)C3CC(NC(=O)C4CCNCC4)CCN3C2=O)cc1. The Bertz CT molecular complexity index is 791. The van der Waals surface area contributed by atoms with Crippen molar-refractivity contribution in [1.29, 1.82) is 0 Å². The molecule has 8 heteroatoms. The van der Waals surface area contributed by atoms with E-state index >= 15 is 0 Å². The molecule has 0 aromatic heterocycles. The number of carbonyl (C=O) groups excluding carboxylic acids is 3. The van der Waals surface area contributed by atoms with Gasteiger partial charge in [-0.1, -0.05) is 12.1 Å². The van der Waals surface area contributed by atoms with Crippen LogP contribution in [0.5, 0.6) is 5.75 Å². The summed E-state index contributed by atoms with van der Waals surface area (Å²) in [5.41, 5.74) is 0.969. The summed E-state index contributed by atoms with van der Waals surface area (Å²) < 4.78 is 5.17. The first-order valence-electron chi connectivity index (χ1n) is 10.8. The van der Waals surface area contributed by atoms with Gasteiger partial charge in [-0.3, -0.25) is 14.4 Å². The third-order valence-corrected chi connectivity index (χ3v) is 6.46. The summed E-state index contributed by atoms with van der Waals surface area (Å²) >= 11 is 0. The number of nitrogens with zero attached hydrogens (tertiary/aromatic N) is 1. The molecule has 3 heterocycles. The average Bonchev–Trinajstić information content (AvgIpc) is 2.78. The Labute approximate surface area is 176 Å². The van der Waals surface area contributed by atoms with Gasteiger partial charge in [-0.25, -0.2) is 0 Å². The van der Waals surface area contributed by atoms with Crippen molar-refractivity contribution in [3.63, 3.8) is 0 Å². The number of ether oxygens (including phenoxy) is 1. The molecule has 1 aromatic rings. The molecule has 3 aliphatic rings. The van der Waals surface area contributed by atoms with E-state index < -0.39 is 12.1 Å². The Morgan fingerprint density at radius 1 is 1.17 bits per heavy atom. The summed E-state index contributed by atoms with van der Waals surface area (Å²) in [6.45, 7) is 2.23. The van der Waals surface area contributed by atoms with Crippen LogP contribution in [0.25, 0.3) is 0 Å². The predicted octanol–water partition coefficient (Wildman–Crippen LogP) is 0.212. The van der Waals surface area contributed by atoms with Gasteiger partial charge in [0.05, 0.1) is 7.11 Å². The summed E-state index contributed by atoms with van der Waals surface area (Å²) in [6, 6.07) is 6.40. The minimum Gasteiger partial charge on any atom is -0.497 e. The normalized spacial score (nSPS) is 27.2. The van der Waals surface area contributed by atoms with Crippen LogP contribution in [0.4, 0.5) is 0 Å². The smallest absolute Gasteiger partial charge is 0.246 e. The molecule has 0 aliphatic carbocycles. The number of methoxy groups -OCH3 is 1. The summed E-state index contributed by atoms with van der Waals surface area (Å²) in [4.78, 5) is 40.0. The Balaban J connectivity index is 1.35. The third kappa shape index (κ3) is 4.43. The summed E-state index contributed by atoms with van der Waals surface area (Å²) in [5.74, 6) is 0.703. The van der Waals surface area contributed by atoms with Crippen LogP contribution in [-0.4, -0.2) is 67.5 Å². The standard InChI is InChI=1S/C22H30N4O4/c1-30-17-4-2-14(3-5-17)12-18-22(29)26-11-8-16(13-19(26)21(28)25-18)24-20(27)15-6-9-23-10-7-15/h2-5,15-16,18-19,23H,6-13H2,1H3,(H,24,27)(H,25,28). The molecule has 8 nitrogen and oxygen atoms in total. The molecule has 0 bridgehead atoms. The van der Waals surface area contributed by atoms with Gasteiger partial charge in [0.25, 0.3) is 0 Å². The van der Waals surface area contributed by atoms with Crippen molar-refractivity contribution >= 4 is 17.7 Å². The second kappa shape index (κ2) is 9.04. The van der Waals surface area contributed by atoms with Crippen LogP contribution in [0, 0.1) is 5.92 Å². The van der Waals surface area contributed by atoms with Crippen LogP contribution in [0.1, 0.15) is 31.2 Å². The minimum atomic E-state index is -0.553. The highest BCUT2D eigenvalue weighted by molar-refractivity contribution is 5.97. The van der Waals surface area contributed by atoms with E-state index in [-0.39, 0.29) is 29.7 Å². The van der Waals surface area contributed by atoms with Crippen molar-refractivity contribution in [1.82, 2.24) is 20.9 Å². The van der Waals surface area contributed by atoms with Gasteiger partial charge in [-0.2, -0.15) is 0 Å². The molecule has 3 N–H and O–H groups in total. The maximum Gasteiger partial charge on any atom is 0.246 e. The quantitative estimate of drug-likeness (QED) is 0.640. The fourth-order valence-corrected chi connectivity index (χ4v) is 4.68. The van der Waals surface area contributed by atoms with E-state index in [0.717, 1.165) is 37.2 Å². The molecule has 0 radical (unpaired) electrons. The number of piperidine rings is 2. The van der Waals surface area contributed by atoms with Crippen molar-refractivity contribution in [2.75, 3.05) is 26.7 Å². The third-order valence-electron chi connectivity index (χ3n) is 6.46. The monoisotopic (exact) mass is 414 g/mol. The minimum absolute atomic E-state index is 0.0416. The van der Waals surface area contributed by atoms with Crippen molar-refractivity contribution in [2.45, 2.75) is 50.2 Å². The number of piperazine rings is 1. The molecule has 3 atom stereocenters. The Hall–Kier alpha value is -2.61. The number of benzene rings is 1. The van der Waals surface area contributed by atoms with Crippen LogP contribution in [0.15, 0.2) is 24.3 Å². The molecule has 3 aliphatic heterocycles. The lowest BCUT2D eigenvalue weighted by atomic mass is 9.90. The molecule has 1 aromatic carbocycles. The number of carbonyl (C=O) groups is 3. The van der Waals surface area contributed by atoms with Gasteiger partial charge in [-0.15, -0.1) is 0 Å². The first-order chi connectivity index (χ1) is 14.5. The van der Waals surface area contributed by atoms with Crippen molar-refractivity contribution in [2.24, 2.45) is 5.92 Å². The molecule has 3 amide bonds. The van der Waals surface area contributed by atoms with E-state index in [2.05, 4.69) is 16.0 Å². The number of hydrogen-bond acceptors (Lipinski definition) is 5. The van der Waals surface area contributed by atoms with Crippen LogP contribution in [0.3, 0.4) is 0 Å². The number of rotatable bonds is 5. The molecule has 0 saturated carbocycles. The number of hydrogen-bond donors (Lipinski definition) is 3. The Morgan fingerprint density at radius 3 is 2.60 bits per heavy atom. The van der Waals surface area contributed by atoms with Crippen molar-refractivity contribution < 1.29 is 19.1 Å². The first-order valence-corrected chi connectivity index (χ1v) is 10.8. The molecule has 3 unspecified atom stereocenters. The Morgan fingerprint density at radius 2 is 1.90 bits per heavy atom. The van der Waals surface area contributed by atoms with E-state index in [1.165, 1.54) is 0 Å². The highest BCUT2D eigenvalue weighted by atomic mass is 16.5.